The summed E-state index contributed by atoms with van der Waals surface area (Å²) < 4.78 is 0. The molecule has 5 nitrogen and oxygen atoms in total. The number of carbonyl (C=O) groups excluding carboxylic acids is 2. The van der Waals surface area contributed by atoms with E-state index in [9.17, 15) is 9.59 Å². The first-order chi connectivity index (χ1) is 8.69. The predicted molar refractivity (Wildman–Crippen MR) is 83.2 cm³/mol. The van der Waals surface area contributed by atoms with Gasteiger partial charge >= 0.3 is 0 Å². The van der Waals surface area contributed by atoms with Crippen molar-refractivity contribution in [1.29, 1.82) is 0 Å². The lowest BCUT2D eigenvalue weighted by Gasteiger charge is -2.20. The summed E-state index contributed by atoms with van der Waals surface area (Å²) in [4.78, 5) is 23.3. The van der Waals surface area contributed by atoms with Crippen molar-refractivity contribution in [3.63, 3.8) is 0 Å². The van der Waals surface area contributed by atoms with Crippen LogP contribution in [0, 0.1) is 0 Å². The molecule has 0 heterocycles. The van der Waals surface area contributed by atoms with Gasteiger partial charge in [0.1, 0.15) is 0 Å². The van der Waals surface area contributed by atoms with Gasteiger partial charge in [0.2, 0.25) is 5.91 Å². The average Bonchev–Trinajstić information content (AvgIpc) is 2.27. The number of hydrogen-bond acceptors (Lipinski definition) is 3. The van der Waals surface area contributed by atoms with E-state index in [1.54, 1.807) is 31.2 Å². The smallest absolute Gasteiger partial charge is 0.251 e. The summed E-state index contributed by atoms with van der Waals surface area (Å²) in [5.41, 5.74) is 6.35. The van der Waals surface area contributed by atoms with Crippen molar-refractivity contribution in [2.75, 3.05) is 5.32 Å². The molecule has 0 fully saturated rings. The number of rotatable bonds is 3. The van der Waals surface area contributed by atoms with Crippen molar-refractivity contribution in [2.45, 2.75) is 39.3 Å². The van der Waals surface area contributed by atoms with E-state index in [2.05, 4.69) is 10.6 Å². The number of amides is 2. The molecule has 0 saturated carbocycles. The number of carbonyl (C=O) groups is 2. The van der Waals surface area contributed by atoms with Gasteiger partial charge in [-0.3, -0.25) is 9.59 Å². The SMILES string of the molecule is CC(N)C(=O)Nc1ccc(C(=O)NC(C)(C)C)cc1.Cl. The lowest BCUT2D eigenvalue weighted by atomic mass is 10.1. The van der Waals surface area contributed by atoms with E-state index in [1.807, 2.05) is 20.8 Å². The van der Waals surface area contributed by atoms with Crippen molar-refractivity contribution in [2.24, 2.45) is 5.73 Å². The average molecular weight is 300 g/mol. The molecule has 0 radical (unpaired) electrons. The molecule has 112 valence electrons. The maximum atomic E-state index is 11.9. The molecule has 0 aromatic heterocycles. The van der Waals surface area contributed by atoms with E-state index < -0.39 is 6.04 Å². The highest BCUT2D eigenvalue weighted by Gasteiger charge is 2.15. The molecule has 1 unspecified atom stereocenters. The molecule has 1 aromatic rings. The highest BCUT2D eigenvalue weighted by atomic mass is 35.5. The van der Waals surface area contributed by atoms with E-state index in [-0.39, 0.29) is 29.8 Å². The van der Waals surface area contributed by atoms with Crippen LogP contribution in [0.5, 0.6) is 0 Å². The second-order valence-corrected chi connectivity index (χ2v) is 5.56. The molecule has 0 aliphatic heterocycles. The molecule has 2 amide bonds. The largest absolute Gasteiger partial charge is 0.347 e. The van der Waals surface area contributed by atoms with Crippen molar-refractivity contribution in [1.82, 2.24) is 5.32 Å². The van der Waals surface area contributed by atoms with Crippen molar-refractivity contribution in [3.8, 4) is 0 Å². The molecule has 6 heteroatoms. The van der Waals surface area contributed by atoms with E-state index in [4.69, 9.17) is 5.73 Å². The Balaban J connectivity index is 0.00000361. The number of anilines is 1. The van der Waals surface area contributed by atoms with Gasteiger partial charge in [-0.05, 0) is 52.0 Å². The Morgan fingerprint density at radius 3 is 2.05 bits per heavy atom. The van der Waals surface area contributed by atoms with Crippen LogP contribution in [0.1, 0.15) is 38.1 Å². The minimum Gasteiger partial charge on any atom is -0.347 e. The first kappa shape index (κ1) is 18.4. The minimum absolute atomic E-state index is 0. The molecule has 0 spiro atoms. The van der Waals surface area contributed by atoms with E-state index in [0.717, 1.165) is 0 Å². The summed E-state index contributed by atoms with van der Waals surface area (Å²) in [6.07, 6.45) is 0. The zero-order chi connectivity index (χ0) is 14.6. The maximum absolute atomic E-state index is 11.9. The number of benzene rings is 1. The Hall–Kier alpha value is -1.59. The fraction of sp³-hybridized carbons (Fsp3) is 0.429. The van der Waals surface area contributed by atoms with Gasteiger partial charge in [-0.1, -0.05) is 0 Å². The molecule has 1 rings (SSSR count). The van der Waals surface area contributed by atoms with Crippen LogP contribution < -0.4 is 16.4 Å². The van der Waals surface area contributed by atoms with Gasteiger partial charge in [0.05, 0.1) is 6.04 Å². The number of nitrogens with two attached hydrogens (primary N) is 1. The first-order valence-corrected chi connectivity index (χ1v) is 6.18. The van der Waals surface area contributed by atoms with Crippen LogP contribution in [0.3, 0.4) is 0 Å². The molecule has 0 aliphatic carbocycles. The quantitative estimate of drug-likeness (QED) is 0.797. The zero-order valence-electron chi connectivity index (χ0n) is 12.2. The third-order valence-corrected chi connectivity index (χ3v) is 2.32. The third-order valence-electron chi connectivity index (χ3n) is 2.32. The van der Waals surface area contributed by atoms with Crippen LogP contribution in [0.2, 0.25) is 0 Å². The minimum atomic E-state index is -0.566. The van der Waals surface area contributed by atoms with Gasteiger partial charge in [-0.2, -0.15) is 0 Å². The fourth-order valence-electron chi connectivity index (χ4n) is 1.37. The molecule has 1 aromatic carbocycles. The first-order valence-electron chi connectivity index (χ1n) is 6.18. The van der Waals surface area contributed by atoms with Gasteiger partial charge in [-0.15, -0.1) is 12.4 Å². The summed E-state index contributed by atoms with van der Waals surface area (Å²) in [5, 5.41) is 5.53. The van der Waals surface area contributed by atoms with Gasteiger partial charge in [0, 0.05) is 16.8 Å². The lowest BCUT2D eigenvalue weighted by molar-refractivity contribution is -0.117. The van der Waals surface area contributed by atoms with Crippen molar-refractivity contribution in [3.05, 3.63) is 29.8 Å². The summed E-state index contributed by atoms with van der Waals surface area (Å²) >= 11 is 0. The molecule has 1 atom stereocenters. The van der Waals surface area contributed by atoms with Gasteiger partial charge < -0.3 is 16.4 Å². The number of nitrogens with one attached hydrogen (secondary N) is 2. The van der Waals surface area contributed by atoms with Crippen molar-refractivity contribution < 1.29 is 9.59 Å². The highest BCUT2D eigenvalue weighted by molar-refractivity contribution is 5.97. The van der Waals surface area contributed by atoms with Gasteiger partial charge in [0.25, 0.3) is 5.91 Å². The normalized spacial score (nSPS) is 12.1. The molecule has 0 aliphatic rings. The molecule has 0 saturated heterocycles. The maximum Gasteiger partial charge on any atom is 0.251 e. The van der Waals surface area contributed by atoms with Crippen LogP contribution >= 0.6 is 12.4 Å². The van der Waals surface area contributed by atoms with Gasteiger partial charge in [-0.25, -0.2) is 0 Å². The standard InChI is InChI=1S/C14H21N3O2.ClH/c1-9(15)12(18)16-11-7-5-10(6-8-11)13(19)17-14(2,3)4;/h5-9H,15H2,1-4H3,(H,16,18)(H,17,19);1H. The van der Waals surface area contributed by atoms with Crippen LogP contribution in [0.4, 0.5) is 5.69 Å². The van der Waals surface area contributed by atoms with Gasteiger partial charge in [0.15, 0.2) is 0 Å². The highest BCUT2D eigenvalue weighted by Crippen LogP contribution is 2.11. The van der Waals surface area contributed by atoms with Crippen LogP contribution in [0.15, 0.2) is 24.3 Å². The Morgan fingerprint density at radius 1 is 1.15 bits per heavy atom. The Labute approximate surface area is 125 Å². The van der Waals surface area contributed by atoms with E-state index >= 15 is 0 Å². The number of halogens is 1. The summed E-state index contributed by atoms with van der Waals surface area (Å²) in [7, 11) is 0. The molecular weight excluding hydrogens is 278 g/mol. The monoisotopic (exact) mass is 299 g/mol. The summed E-state index contributed by atoms with van der Waals surface area (Å²) in [5.74, 6) is -0.399. The summed E-state index contributed by atoms with van der Waals surface area (Å²) in [6, 6.07) is 6.12. The van der Waals surface area contributed by atoms with E-state index in [1.165, 1.54) is 0 Å². The topological polar surface area (TPSA) is 84.2 Å². The van der Waals surface area contributed by atoms with Crippen LogP contribution in [-0.4, -0.2) is 23.4 Å². The fourth-order valence-corrected chi connectivity index (χ4v) is 1.37. The van der Waals surface area contributed by atoms with Crippen LogP contribution in [0.25, 0.3) is 0 Å². The molecule has 20 heavy (non-hydrogen) atoms. The Bertz CT molecular complexity index is 464. The predicted octanol–water partition coefficient (Wildman–Crippen LogP) is 1.92. The second kappa shape index (κ2) is 7.26. The summed E-state index contributed by atoms with van der Waals surface area (Å²) in [6.45, 7) is 7.37. The van der Waals surface area contributed by atoms with Crippen molar-refractivity contribution >= 4 is 29.9 Å². The zero-order valence-corrected chi connectivity index (χ0v) is 13.0. The molecule has 0 bridgehead atoms. The number of hydrogen-bond donors (Lipinski definition) is 3. The second-order valence-electron chi connectivity index (χ2n) is 5.56. The van der Waals surface area contributed by atoms with Crippen LogP contribution in [-0.2, 0) is 4.79 Å². The molecule has 4 N–H and O–H groups in total. The molecular formula is C14H22ClN3O2. The third kappa shape index (κ3) is 6.04. The Morgan fingerprint density at radius 2 is 1.65 bits per heavy atom. The lowest BCUT2D eigenvalue weighted by Crippen LogP contribution is -2.40. The van der Waals surface area contributed by atoms with E-state index in [0.29, 0.717) is 11.3 Å². The Kier molecular flexibility index (Phi) is 6.68.